The fourth-order valence-electron chi connectivity index (χ4n) is 2.08. The highest BCUT2D eigenvalue weighted by Crippen LogP contribution is 2.11. The molecule has 110 valence electrons. The van der Waals surface area contributed by atoms with Crippen molar-refractivity contribution < 1.29 is 4.79 Å². The van der Waals surface area contributed by atoms with Crippen LogP contribution in [0.1, 0.15) is 15.9 Å². The molecular weight excluding hydrogens is 342 g/mol. The van der Waals surface area contributed by atoms with Crippen LogP contribution in [0.3, 0.4) is 0 Å². The summed E-state index contributed by atoms with van der Waals surface area (Å²) in [5.41, 5.74) is 2.74. The number of hydrogen-bond acceptors (Lipinski definition) is 2. The maximum Gasteiger partial charge on any atom is 0.251 e. The Morgan fingerprint density at radius 2 is 1.82 bits per heavy atom. The summed E-state index contributed by atoms with van der Waals surface area (Å²) < 4.78 is 2.89. The summed E-state index contributed by atoms with van der Waals surface area (Å²) in [5.74, 6) is -0.0776. The van der Waals surface area contributed by atoms with Gasteiger partial charge in [0.2, 0.25) is 0 Å². The molecule has 5 heteroatoms. The van der Waals surface area contributed by atoms with Crippen LogP contribution in [0.2, 0.25) is 0 Å². The van der Waals surface area contributed by atoms with Gasteiger partial charge in [-0.1, -0.05) is 28.1 Å². The van der Waals surface area contributed by atoms with Crippen LogP contribution >= 0.6 is 15.9 Å². The molecule has 0 bridgehead atoms. The predicted octanol–water partition coefficient (Wildman–Crippen LogP) is 3.56. The third-order valence-corrected chi connectivity index (χ3v) is 3.83. The largest absolute Gasteiger partial charge is 0.348 e. The molecule has 4 nitrogen and oxygen atoms in total. The standard InChI is InChI=1S/C17H14BrN3O/c18-15-5-3-14(4-6-15)17(22)20-11-13-1-7-16(8-2-13)21-10-9-19-12-21/h1-10,12H,11H2,(H,20,22). The van der Waals surface area contributed by atoms with Crippen molar-refractivity contribution in [3.63, 3.8) is 0 Å². The zero-order valence-electron chi connectivity index (χ0n) is 11.7. The first-order valence-corrected chi connectivity index (χ1v) is 7.63. The van der Waals surface area contributed by atoms with E-state index in [1.54, 1.807) is 24.7 Å². The van der Waals surface area contributed by atoms with E-state index in [-0.39, 0.29) is 5.91 Å². The number of carbonyl (C=O) groups excluding carboxylic acids is 1. The molecule has 0 spiro atoms. The second-order valence-corrected chi connectivity index (χ2v) is 5.74. The molecule has 0 unspecified atom stereocenters. The Hall–Kier alpha value is -2.40. The van der Waals surface area contributed by atoms with Gasteiger partial charge in [0.1, 0.15) is 0 Å². The minimum Gasteiger partial charge on any atom is -0.348 e. The summed E-state index contributed by atoms with van der Waals surface area (Å²) >= 11 is 3.36. The van der Waals surface area contributed by atoms with E-state index >= 15 is 0 Å². The molecule has 22 heavy (non-hydrogen) atoms. The van der Waals surface area contributed by atoms with Gasteiger partial charge in [0, 0.05) is 34.7 Å². The summed E-state index contributed by atoms with van der Waals surface area (Å²) in [7, 11) is 0. The summed E-state index contributed by atoms with van der Waals surface area (Å²) in [6.45, 7) is 0.499. The van der Waals surface area contributed by atoms with Gasteiger partial charge in [0.15, 0.2) is 0 Å². The van der Waals surface area contributed by atoms with E-state index in [9.17, 15) is 4.79 Å². The topological polar surface area (TPSA) is 46.9 Å². The first kappa shape index (κ1) is 14.5. The van der Waals surface area contributed by atoms with Crippen LogP contribution in [-0.2, 0) is 6.54 Å². The van der Waals surface area contributed by atoms with Crippen LogP contribution in [0.15, 0.2) is 71.7 Å². The average molecular weight is 356 g/mol. The van der Waals surface area contributed by atoms with Gasteiger partial charge in [-0.15, -0.1) is 0 Å². The molecule has 0 aliphatic heterocycles. The second kappa shape index (κ2) is 6.58. The quantitative estimate of drug-likeness (QED) is 0.777. The number of aromatic nitrogens is 2. The average Bonchev–Trinajstić information content (AvgIpc) is 3.08. The number of imidazole rings is 1. The fraction of sp³-hybridized carbons (Fsp3) is 0.0588. The van der Waals surface area contributed by atoms with E-state index in [2.05, 4.69) is 26.2 Å². The van der Waals surface area contributed by atoms with E-state index < -0.39 is 0 Å². The molecule has 0 aliphatic rings. The number of amides is 1. The second-order valence-electron chi connectivity index (χ2n) is 4.83. The molecule has 0 radical (unpaired) electrons. The Balaban J connectivity index is 1.61. The molecule has 0 fully saturated rings. The first-order chi connectivity index (χ1) is 10.7. The molecule has 0 atom stereocenters. The molecule has 1 heterocycles. The molecule has 0 saturated heterocycles. The number of halogens is 1. The monoisotopic (exact) mass is 355 g/mol. The first-order valence-electron chi connectivity index (χ1n) is 6.83. The lowest BCUT2D eigenvalue weighted by Crippen LogP contribution is -2.22. The number of benzene rings is 2. The van der Waals surface area contributed by atoms with Gasteiger partial charge in [-0.05, 0) is 42.0 Å². The normalized spacial score (nSPS) is 10.4. The van der Waals surface area contributed by atoms with Crippen molar-refractivity contribution in [2.45, 2.75) is 6.54 Å². The van der Waals surface area contributed by atoms with Gasteiger partial charge in [-0.25, -0.2) is 4.98 Å². The van der Waals surface area contributed by atoms with Crippen molar-refractivity contribution in [1.29, 1.82) is 0 Å². The zero-order valence-corrected chi connectivity index (χ0v) is 13.3. The summed E-state index contributed by atoms with van der Waals surface area (Å²) in [6, 6.07) is 15.3. The number of nitrogens with zero attached hydrogens (tertiary/aromatic N) is 2. The maximum atomic E-state index is 12.0. The van der Waals surface area contributed by atoms with Gasteiger partial charge in [-0.2, -0.15) is 0 Å². The molecule has 0 saturated carbocycles. The lowest BCUT2D eigenvalue weighted by molar-refractivity contribution is 0.0951. The smallest absolute Gasteiger partial charge is 0.251 e. The summed E-state index contributed by atoms with van der Waals surface area (Å²) in [5, 5.41) is 2.92. The fourth-order valence-corrected chi connectivity index (χ4v) is 2.35. The molecule has 1 aromatic heterocycles. The minimum absolute atomic E-state index is 0.0776. The summed E-state index contributed by atoms with van der Waals surface area (Å²) in [6.07, 6.45) is 5.39. The SMILES string of the molecule is O=C(NCc1ccc(-n2ccnc2)cc1)c1ccc(Br)cc1. The maximum absolute atomic E-state index is 12.0. The number of nitrogens with one attached hydrogen (secondary N) is 1. The van der Waals surface area contributed by atoms with Crippen LogP contribution in [0, 0.1) is 0 Å². The van der Waals surface area contributed by atoms with Crippen molar-refractivity contribution in [2.75, 3.05) is 0 Å². The van der Waals surface area contributed by atoms with Gasteiger partial charge in [-0.3, -0.25) is 4.79 Å². The lowest BCUT2D eigenvalue weighted by Gasteiger charge is -2.07. The molecule has 1 amide bonds. The third-order valence-electron chi connectivity index (χ3n) is 3.30. The molecule has 3 rings (SSSR count). The Morgan fingerprint density at radius 1 is 1.09 bits per heavy atom. The highest BCUT2D eigenvalue weighted by molar-refractivity contribution is 9.10. The van der Waals surface area contributed by atoms with Crippen LogP contribution in [0.5, 0.6) is 0 Å². The van der Waals surface area contributed by atoms with Gasteiger partial charge in [0.25, 0.3) is 5.91 Å². The lowest BCUT2D eigenvalue weighted by atomic mass is 10.2. The molecule has 2 aromatic carbocycles. The number of carbonyl (C=O) groups is 1. The van der Waals surface area contributed by atoms with Crippen molar-refractivity contribution in [1.82, 2.24) is 14.9 Å². The van der Waals surface area contributed by atoms with Gasteiger partial charge < -0.3 is 9.88 Å². The van der Waals surface area contributed by atoms with Crippen LogP contribution < -0.4 is 5.32 Å². The molecular formula is C17H14BrN3O. The van der Waals surface area contributed by atoms with Gasteiger partial charge in [0.05, 0.1) is 6.33 Å². The highest BCUT2D eigenvalue weighted by atomic mass is 79.9. The van der Waals surface area contributed by atoms with Crippen molar-refractivity contribution in [3.05, 3.63) is 82.9 Å². The van der Waals surface area contributed by atoms with Crippen molar-refractivity contribution >= 4 is 21.8 Å². The third kappa shape index (κ3) is 3.43. The number of hydrogen-bond donors (Lipinski definition) is 1. The van der Waals surface area contributed by atoms with E-state index in [4.69, 9.17) is 0 Å². The van der Waals surface area contributed by atoms with E-state index in [1.165, 1.54) is 0 Å². The van der Waals surface area contributed by atoms with E-state index in [0.29, 0.717) is 12.1 Å². The summed E-state index contributed by atoms with van der Waals surface area (Å²) in [4.78, 5) is 16.1. The number of rotatable bonds is 4. The Morgan fingerprint density at radius 3 is 2.45 bits per heavy atom. The van der Waals surface area contributed by atoms with E-state index in [1.807, 2.05) is 47.2 Å². The minimum atomic E-state index is -0.0776. The molecule has 3 aromatic rings. The highest BCUT2D eigenvalue weighted by Gasteiger charge is 2.05. The zero-order chi connectivity index (χ0) is 15.4. The van der Waals surface area contributed by atoms with Gasteiger partial charge >= 0.3 is 0 Å². The Labute approximate surface area is 136 Å². The van der Waals surface area contributed by atoms with Crippen LogP contribution in [0.4, 0.5) is 0 Å². The predicted molar refractivity (Wildman–Crippen MR) is 88.9 cm³/mol. The Bertz CT molecular complexity index is 750. The van der Waals surface area contributed by atoms with Crippen molar-refractivity contribution in [3.8, 4) is 5.69 Å². The Kier molecular flexibility index (Phi) is 4.34. The molecule has 0 aliphatic carbocycles. The van der Waals surface area contributed by atoms with Crippen LogP contribution in [0.25, 0.3) is 5.69 Å². The van der Waals surface area contributed by atoms with Crippen LogP contribution in [-0.4, -0.2) is 15.5 Å². The van der Waals surface area contributed by atoms with Crippen molar-refractivity contribution in [2.24, 2.45) is 0 Å². The van der Waals surface area contributed by atoms with E-state index in [0.717, 1.165) is 15.7 Å². The molecule has 1 N–H and O–H groups in total.